The standard InChI is InChI=1S/C33H60N10O6/c1-4-7-16-44-22-13-41-25-31(34-37-41)28-47-19-10-40(11-20-48-29-32-26-42(38-35-32)14-23-45-17-8-5-2)12-21-49-30-33-27-43(39-36-33)15-24-46-18-9-6-3/h25-27H,4-24,28-30H2,1-3H3. The lowest BCUT2D eigenvalue weighted by atomic mass is 10.4. The smallest absolute Gasteiger partial charge is 0.108 e. The molecule has 0 aliphatic rings. The summed E-state index contributed by atoms with van der Waals surface area (Å²) in [6.07, 6.45) is 12.3. The van der Waals surface area contributed by atoms with Crippen molar-refractivity contribution in [3.05, 3.63) is 35.7 Å². The van der Waals surface area contributed by atoms with Crippen molar-refractivity contribution in [1.82, 2.24) is 49.9 Å². The first-order valence-corrected chi connectivity index (χ1v) is 18.1. The highest BCUT2D eigenvalue weighted by Gasteiger charge is 2.09. The van der Waals surface area contributed by atoms with Crippen LogP contribution in [-0.4, -0.2) is 129 Å². The molecule has 0 saturated heterocycles. The average molecular weight is 693 g/mol. The van der Waals surface area contributed by atoms with Crippen LogP contribution in [0.1, 0.15) is 76.4 Å². The molecule has 0 unspecified atom stereocenters. The number of hydrogen-bond acceptors (Lipinski definition) is 13. The van der Waals surface area contributed by atoms with Gasteiger partial charge in [0.15, 0.2) is 0 Å². The molecule has 0 spiro atoms. The van der Waals surface area contributed by atoms with Crippen LogP contribution in [-0.2, 0) is 67.9 Å². The zero-order valence-electron chi connectivity index (χ0n) is 30.1. The van der Waals surface area contributed by atoms with Gasteiger partial charge in [0.25, 0.3) is 0 Å². The van der Waals surface area contributed by atoms with E-state index >= 15 is 0 Å². The second kappa shape index (κ2) is 26.9. The maximum atomic E-state index is 5.95. The fourth-order valence-corrected chi connectivity index (χ4v) is 4.51. The minimum atomic E-state index is 0.399. The van der Waals surface area contributed by atoms with Crippen molar-refractivity contribution in [3.8, 4) is 0 Å². The Morgan fingerprint density at radius 2 is 0.776 bits per heavy atom. The van der Waals surface area contributed by atoms with Crippen LogP contribution < -0.4 is 0 Å². The number of unbranched alkanes of at least 4 members (excludes halogenated alkanes) is 3. The first-order valence-electron chi connectivity index (χ1n) is 18.1. The summed E-state index contributed by atoms with van der Waals surface area (Å²) in [5.41, 5.74) is 2.40. The largest absolute Gasteiger partial charge is 0.380 e. The highest BCUT2D eigenvalue weighted by molar-refractivity contribution is 4.91. The van der Waals surface area contributed by atoms with Crippen molar-refractivity contribution in [3.63, 3.8) is 0 Å². The third-order valence-corrected chi connectivity index (χ3v) is 7.48. The Bertz CT molecular complexity index is 1050. The summed E-state index contributed by atoms with van der Waals surface area (Å²) >= 11 is 0. The second-order valence-corrected chi connectivity index (χ2v) is 11.8. The van der Waals surface area contributed by atoms with E-state index in [9.17, 15) is 0 Å². The van der Waals surface area contributed by atoms with Crippen LogP contribution in [0.5, 0.6) is 0 Å². The van der Waals surface area contributed by atoms with Gasteiger partial charge in [-0.3, -0.25) is 4.90 Å². The summed E-state index contributed by atoms with van der Waals surface area (Å²) in [7, 11) is 0. The summed E-state index contributed by atoms with van der Waals surface area (Å²) in [6, 6.07) is 0. The molecule has 16 nitrogen and oxygen atoms in total. The van der Waals surface area contributed by atoms with Gasteiger partial charge >= 0.3 is 0 Å². The number of rotatable bonds is 33. The molecule has 0 aliphatic carbocycles. The Morgan fingerprint density at radius 1 is 0.449 bits per heavy atom. The number of hydrogen-bond donors (Lipinski definition) is 0. The van der Waals surface area contributed by atoms with Crippen molar-refractivity contribution in [2.24, 2.45) is 0 Å². The molecule has 3 rings (SSSR count). The van der Waals surface area contributed by atoms with Crippen LogP contribution in [0.15, 0.2) is 18.6 Å². The van der Waals surface area contributed by atoms with Crippen LogP contribution >= 0.6 is 0 Å². The highest BCUT2D eigenvalue weighted by Crippen LogP contribution is 2.02. The predicted molar refractivity (Wildman–Crippen MR) is 183 cm³/mol. The lowest BCUT2D eigenvalue weighted by molar-refractivity contribution is 0.0410. The minimum Gasteiger partial charge on any atom is -0.380 e. The molecule has 3 aromatic rings. The Labute approximate surface area is 291 Å². The quantitative estimate of drug-likeness (QED) is 0.0861. The fraction of sp³-hybridized carbons (Fsp3) is 0.818. The van der Waals surface area contributed by atoms with Crippen molar-refractivity contribution in [2.75, 3.05) is 79.1 Å². The zero-order chi connectivity index (χ0) is 34.6. The van der Waals surface area contributed by atoms with Gasteiger partial charge in [-0.25, -0.2) is 14.0 Å². The monoisotopic (exact) mass is 692 g/mol. The summed E-state index contributed by atoms with van der Waals surface area (Å²) < 4.78 is 40.1. The minimum absolute atomic E-state index is 0.399. The van der Waals surface area contributed by atoms with Crippen molar-refractivity contribution < 1.29 is 28.4 Å². The average Bonchev–Trinajstić information content (AvgIpc) is 3.88. The zero-order valence-corrected chi connectivity index (χ0v) is 30.1. The van der Waals surface area contributed by atoms with Gasteiger partial charge in [0, 0.05) is 39.5 Å². The SMILES string of the molecule is CCCCOCCn1cc(COCCN(CCOCc2cn(CCOCCCC)nn2)CCOCc2cn(CCOCCCC)nn2)nn1. The van der Waals surface area contributed by atoms with Crippen LogP contribution in [0, 0.1) is 0 Å². The Balaban J connectivity index is 1.36. The molecule has 0 amide bonds. The molecule has 0 aliphatic heterocycles. The van der Waals surface area contributed by atoms with Gasteiger partial charge in [-0.05, 0) is 19.3 Å². The molecule has 16 heteroatoms. The Kier molecular flexibility index (Phi) is 22.3. The predicted octanol–water partition coefficient (Wildman–Crippen LogP) is 3.16. The maximum absolute atomic E-state index is 5.95. The molecule has 3 heterocycles. The molecule has 0 bridgehead atoms. The van der Waals surface area contributed by atoms with Gasteiger partial charge in [0.05, 0.1) is 97.7 Å². The van der Waals surface area contributed by atoms with E-state index < -0.39 is 0 Å². The summed E-state index contributed by atoms with van der Waals surface area (Å²) in [5, 5.41) is 25.2. The van der Waals surface area contributed by atoms with E-state index in [2.05, 4.69) is 56.6 Å². The third kappa shape index (κ3) is 19.2. The molecule has 0 radical (unpaired) electrons. The summed E-state index contributed by atoms with van der Waals surface area (Å²) in [5.74, 6) is 0. The molecular weight excluding hydrogens is 632 g/mol. The molecule has 0 N–H and O–H groups in total. The van der Waals surface area contributed by atoms with E-state index in [0.717, 1.165) is 75.4 Å². The number of aromatic nitrogens is 9. The van der Waals surface area contributed by atoms with Gasteiger partial charge in [-0.15, -0.1) is 15.3 Å². The molecule has 0 fully saturated rings. The lowest BCUT2D eigenvalue weighted by Gasteiger charge is -2.22. The van der Waals surface area contributed by atoms with Crippen LogP contribution in [0.4, 0.5) is 0 Å². The van der Waals surface area contributed by atoms with E-state index in [-0.39, 0.29) is 0 Å². The molecule has 49 heavy (non-hydrogen) atoms. The summed E-state index contributed by atoms with van der Waals surface area (Å²) in [4.78, 5) is 2.26. The molecule has 3 aromatic heterocycles. The molecule has 0 saturated carbocycles. The van der Waals surface area contributed by atoms with E-state index in [0.29, 0.717) is 98.7 Å². The van der Waals surface area contributed by atoms with Crippen LogP contribution in [0.25, 0.3) is 0 Å². The van der Waals surface area contributed by atoms with E-state index in [1.165, 1.54) is 0 Å². The molecular formula is C33H60N10O6. The van der Waals surface area contributed by atoms with Crippen LogP contribution in [0.2, 0.25) is 0 Å². The Hall–Kier alpha value is -2.86. The van der Waals surface area contributed by atoms with Crippen molar-refractivity contribution in [2.45, 2.75) is 98.8 Å². The first kappa shape index (κ1) is 40.6. The van der Waals surface area contributed by atoms with Crippen LogP contribution in [0.3, 0.4) is 0 Å². The number of nitrogens with zero attached hydrogens (tertiary/aromatic N) is 10. The highest BCUT2D eigenvalue weighted by atomic mass is 16.5. The van der Waals surface area contributed by atoms with Gasteiger partial charge in [-0.1, -0.05) is 55.7 Å². The fourth-order valence-electron chi connectivity index (χ4n) is 4.51. The van der Waals surface area contributed by atoms with Gasteiger partial charge in [0.2, 0.25) is 0 Å². The van der Waals surface area contributed by atoms with E-state index in [1.54, 1.807) is 14.0 Å². The maximum Gasteiger partial charge on any atom is 0.108 e. The second-order valence-electron chi connectivity index (χ2n) is 11.8. The molecule has 0 atom stereocenters. The van der Waals surface area contributed by atoms with Gasteiger partial charge in [0.1, 0.15) is 17.1 Å². The van der Waals surface area contributed by atoms with E-state index in [1.807, 2.05) is 18.6 Å². The normalized spacial score (nSPS) is 11.8. The van der Waals surface area contributed by atoms with Gasteiger partial charge in [-0.2, -0.15) is 0 Å². The van der Waals surface area contributed by atoms with Crippen molar-refractivity contribution in [1.29, 1.82) is 0 Å². The molecule has 278 valence electrons. The van der Waals surface area contributed by atoms with E-state index in [4.69, 9.17) is 28.4 Å². The Morgan fingerprint density at radius 3 is 1.08 bits per heavy atom. The number of ether oxygens (including phenoxy) is 6. The lowest BCUT2D eigenvalue weighted by Crippen LogP contribution is -2.34. The topological polar surface area (TPSA) is 151 Å². The van der Waals surface area contributed by atoms with Crippen molar-refractivity contribution >= 4 is 0 Å². The summed E-state index contributed by atoms with van der Waals surface area (Å²) in [6.45, 7) is 17.7. The third-order valence-electron chi connectivity index (χ3n) is 7.48. The van der Waals surface area contributed by atoms with Gasteiger partial charge < -0.3 is 28.4 Å². The molecule has 0 aromatic carbocycles. The first-order chi connectivity index (χ1) is 24.2.